The molecule has 0 saturated heterocycles. The quantitative estimate of drug-likeness (QED) is 0.451. The molecule has 112 valence electrons. The zero-order valence-electron chi connectivity index (χ0n) is 11.8. The van der Waals surface area contributed by atoms with Crippen molar-refractivity contribution in [3.8, 4) is 0 Å². The zero-order valence-corrected chi connectivity index (χ0v) is 13.5. The topological polar surface area (TPSA) is 81.2 Å². The van der Waals surface area contributed by atoms with E-state index in [9.17, 15) is 9.59 Å². The van der Waals surface area contributed by atoms with Gasteiger partial charge in [-0.05, 0) is 19.8 Å². The van der Waals surface area contributed by atoms with Crippen LogP contribution >= 0.6 is 23.1 Å². The second-order valence-electron chi connectivity index (χ2n) is 3.94. The number of hydrogen-bond donors (Lipinski definition) is 1. The fourth-order valence-corrected chi connectivity index (χ4v) is 3.31. The zero-order chi connectivity index (χ0) is 15.0. The number of esters is 1. The van der Waals surface area contributed by atoms with Crippen LogP contribution in [0, 0.1) is 0 Å². The standard InChI is InChI=1S/C12H19N3O3S2/c1-4-7-9(16)13-11-14-15-12(20-11)19-8(5-2)10(17)18-6-3/h8H,4-7H2,1-3H3,(H,13,14,16). The van der Waals surface area contributed by atoms with Crippen molar-refractivity contribution in [2.75, 3.05) is 11.9 Å². The average Bonchev–Trinajstić information content (AvgIpc) is 2.83. The molecule has 0 aliphatic carbocycles. The summed E-state index contributed by atoms with van der Waals surface area (Å²) in [6.07, 6.45) is 1.90. The lowest BCUT2D eigenvalue weighted by Crippen LogP contribution is -2.19. The van der Waals surface area contributed by atoms with Gasteiger partial charge in [-0.2, -0.15) is 0 Å². The number of ether oxygens (including phenoxy) is 1. The third-order valence-corrected chi connectivity index (χ3v) is 4.56. The molecule has 1 heterocycles. The van der Waals surface area contributed by atoms with Crippen LogP contribution in [0.3, 0.4) is 0 Å². The molecular formula is C12H19N3O3S2. The predicted molar refractivity (Wildman–Crippen MR) is 80.0 cm³/mol. The number of carbonyl (C=O) groups excluding carboxylic acids is 2. The van der Waals surface area contributed by atoms with Crippen molar-refractivity contribution in [1.82, 2.24) is 10.2 Å². The highest BCUT2D eigenvalue weighted by atomic mass is 32.2. The van der Waals surface area contributed by atoms with E-state index in [0.29, 0.717) is 28.9 Å². The van der Waals surface area contributed by atoms with E-state index < -0.39 is 0 Å². The second kappa shape index (κ2) is 8.91. The minimum absolute atomic E-state index is 0.0716. The molecule has 1 amide bonds. The van der Waals surface area contributed by atoms with Crippen molar-refractivity contribution in [3.05, 3.63) is 0 Å². The van der Waals surface area contributed by atoms with E-state index in [2.05, 4.69) is 15.5 Å². The number of hydrogen-bond acceptors (Lipinski definition) is 7. The molecule has 0 bridgehead atoms. The largest absolute Gasteiger partial charge is 0.465 e. The summed E-state index contributed by atoms with van der Waals surface area (Å²) in [5.41, 5.74) is 0. The lowest BCUT2D eigenvalue weighted by atomic mass is 10.3. The molecule has 1 unspecified atom stereocenters. The van der Waals surface area contributed by atoms with Gasteiger partial charge in [-0.3, -0.25) is 9.59 Å². The number of nitrogens with one attached hydrogen (secondary N) is 1. The maximum absolute atomic E-state index is 11.7. The van der Waals surface area contributed by atoms with Gasteiger partial charge >= 0.3 is 5.97 Å². The van der Waals surface area contributed by atoms with Crippen molar-refractivity contribution in [3.63, 3.8) is 0 Å². The molecule has 1 aromatic rings. The minimum atomic E-state index is -0.290. The molecular weight excluding hydrogens is 298 g/mol. The molecule has 8 heteroatoms. The Kier molecular flexibility index (Phi) is 7.53. The molecule has 0 spiro atoms. The smallest absolute Gasteiger partial charge is 0.319 e. The summed E-state index contributed by atoms with van der Waals surface area (Å²) in [5, 5.41) is 10.7. The van der Waals surface area contributed by atoms with Crippen LogP contribution < -0.4 is 5.32 Å². The minimum Gasteiger partial charge on any atom is -0.465 e. The van der Waals surface area contributed by atoms with Crippen LogP contribution in [0.15, 0.2) is 4.34 Å². The average molecular weight is 317 g/mol. The summed E-state index contributed by atoms with van der Waals surface area (Å²) < 4.78 is 5.65. The Morgan fingerprint density at radius 2 is 2.10 bits per heavy atom. The normalized spacial score (nSPS) is 11.9. The van der Waals surface area contributed by atoms with Gasteiger partial charge in [0.1, 0.15) is 5.25 Å². The fraction of sp³-hybridized carbons (Fsp3) is 0.667. The van der Waals surface area contributed by atoms with E-state index in [0.717, 1.165) is 6.42 Å². The first-order valence-electron chi connectivity index (χ1n) is 6.57. The van der Waals surface area contributed by atoms with E-state index >= 15 is 0 Å². The van der Waals surface area contributed by atoms with Crippen LogP contribution in [0.2, 0.25) is 0 Å². The summed E-state index contributed by atoms with van der Waals surface area (Å²) >= 11 is 2.58. The highest BCUT2D eigenvalue weighted by Crippen LogP contribution is 2.30. The monoisotopic (exact) mass is 317 g/mol. The van der Waals surface area contributed by atoms with Gasteiger partial charge in [-0.25, -0.2) is 0 Å². The lowest BCUT2D eigenvalue weighted by Gasteiger charge is -2.10. The summed E-state index contributed by atoms with van der Waals surface area (Å²) in [6, 6.07) is 0. The van der Waals surface area contributed by atoms with E-state index in [1.807, 2.05) is 13.8 Å². The summed E-state index contributed by atoms with van der Waals surface area (Å²) in [6.45, 7) is 6.00. The van der Waals surface area contributed by atoms with E-state index in [1.54, 1.807) is 6.92 Å². The maximum Gasteiger partial charge on any atom is 0.319 e. The summed E-state index contributed by atoms with van der Waals surface area (Å²) in [5.74, 6) is -0.315. The molecule has 1 atom stereocenters. The Morgan fingerprint density at radius 3 is 2.70 bits per heavy atom. The highest BCUT2D eigenvalue weighted by molar-refractivity contribution is 8.02. The Hall–Kier alpha value is -1.15. The van der Waals surface area contributed by atoms with Gasteiger partial charge in [-0.15, -0.1) is 10.2 Å². The highest BCUT2D eigenvalue weighted by Gasteiger charge is 2.21. The Morgan fingerprint density at radius 1 is 1.35 bits per heavy atom. The number of thioether (sulfide) groups is 1. The Balaban J connectivity index is 2.58. The van der Waals surface area contributed by atoms with Crippen molar-refractivity contribution < 1.29 is 14.3 Å². The summed E-state index contributed by atoms with van der Waals surface area (Å²) in [4.78, 5) is 23.1. The number of amides is 1. The van der Waals surface area contributed by atoms with Gasteiger partial charge in [-0.1, -0.05) is 36.9 Å². The van der Waals surface area contributed by atoms with Crippen LogP contribution in [-0.2, 0) is 14.3 Å². The first kappa shape index (κ1) is 16.9. The molecule has 6 nitrogen and oxygen atoms in total. The molecule has 20 heavy (non-hydrogen) atoms. The van der Waals surface area contributed by atoms with Crippen LogP contribution in [-0.4, -0.2) is 33.9 Å². The van der Waals surface area contributed by atoms with Gasteiger partial charge in [0, 0.05) is 6.42 Å². The number of aromatic nitrogens is 2. The number of anilines is 1. The number of nitrogens with zero attached hydrogens (tertiary/aromatic N) is 2. The number of carbonyl (C=O) groups is 2. The molecule has 1 aromatic heterocycles. The molecule has 0 saturated carbocycles. The van der Waals surface area contributed by atoms with Crippen molar-refractivity contribution in [2.24, 2.45) is 0 Å². The molecule has 0 fully saturated rings. The molecule has 1 N–H and O–H groups in total. The van der Waals surface area contributed by atoms with Crippen molar-refractivity contribution in [2.45, 2.75) is 49.6 Å². The van der Waals surface area contributed by atoms with E-state index in [1.165, 1.54) is 23.1 Å². The van der Waals surface area contributed by atoms with Gasteiger partial charge in [0.05, 0.1) is 6.61 Å². The fourth-order valence-electron chi connectivity index (χ4n) is 1.37. The molecule has 0 aromatic carbocycles. The lowest BCUT2D eigenvalue weighted by molar-refractivity contribution is -0.142. The first-order valence-corrected chi connectivity index (χ1v) is 8.26. The third-order valence-electron chi connectivity index (χ3n) is 2.29. The maximum atomic E-state index is 11.7. The van der Waals surface area contributed by atoms with Crippen LogP contribution in [0.25, 0.3) is 0 Å². The van der Waals surface area contributed by atoms with Gasteiger partial charge in [0.15, 0.2) is 4.34 Å². The SMILES string of the molecule is CCCC(=O)Nc1nnc(SC(CC)C(=O)OCC)s1. The van der Waals surface area contributed by atoms with E-state index in [4.69, 9.17) is 4.74 Å². The molecule has 0 radical (unpaired) electrons. The van der Waals surface area contributed by atoms with Gasteiger partial charge in [0.2, 0.25) is 11.0 Å². The Bertz CT molecular complexity index is 451. The molecule has 0 aliphatic rings. The van der Waals surface area contributed by atoms with E-state index in [-0.39, 0.29) is 17.1 Å². The van der Waals surface area contributed by atoms with Gasteiger partial charge in [0.25, 0.3) is 0 Å². The van der Waals surface area contributed by atoms with Gasteiger partial charge < -0.3 is 10.1 Å². The Labute approximate surface area is 126 Å². The second-order valence-corrected chi connectivity index (χ2v) is 6.37. The van der Waals surface area contributed by atoms with Crippen LogP contribution in [0.5, 0.6) is 0 Å². The van der Waals surface area contributed by atoms with Crippen molar-refractivity contribution >= 4 is 40.1 Å². The van der Waals surface area contributed by atoms with Crippen LogP contribution in [0.1, 0.15) is 40.0 Å². The third kappa shape index (κ3) is 5.46. The summed E-state index contributed by atoms with van der Waals surface area (Å²) in [7, 11) is 0. The van der Waals surface area contributed by atoms with Crippen molar-refractivity contribution in [1.29, 1.82) is 0 Å². The molecule has 1 rings (SSSR count). The van der Waals surface area contributed by atoms with Crippen LogP contribution in [0.4, 0.5) is 5.13 Å². The number of rotatable bonds is 8. The predicted octanol–water partition coefficient (Wildman–Crippen LogP) is 2.71. The first-order chi connectivity index (χ1) is 9.60. The molecule has 0 aliphatic heterocycles.